The lowest BCUT2D eigenvalue weighted by Crippen LogP contribution is -2.54. The summed E-state index contributed by atoms with van der Waals surface area (Å²) >= 11 is 6.16. The fourth-order valence-electron chi connectivity index (χ4n) is 3.58. The van der Waals surface area contributed by atoms with E-state index in [9.17, 15) is 9.59 Å². The Labute approximate surface area is 165 Å². The monoisotopic (exact) mass is 393 g/mol. The van der Waals surface area contributed by atoms with Gasteiger partial charge in [-0.05, 0) is 12.8 Å². The Morgan fingerprint density at radius 3 is 2.37 bits per heavy atom. The highest BCUT2D eigenvalue weighted by molar-refractivity contribution is 6.33. The standard InChI is InChI=1S/C19H28ClN5O2/c1-13(2)17-21-12-15(20)16(23-17)18(26)24-8-10-25(11-9-24)19(27)22-14-6-4-3-5-7-14/h12-14H,3-11H2,1-2H3,(H,22,27). The van der Waals surface area contributed by atoms with E-state index in [1.54, 1.807) is 9.80 Å². The Morgan fingerprint density at radius 1 is 1.11 bits per heavy atom. The van der Waals surface area contributed by atoms with Crippen molar-refractivity contribution >= 4 is 23.5 Å². The summed E-state index contributed by atoms with van der Waals surface area (Å²) in [4.78, 5) is 37.3. The van der Waals surface area contributed by atoms with Crippen molar-refractivity contribution in [2.24, 2.45) is 0 Å². The third-order valence-corrected chi connectivity index (χ3v) is 5.55. The number of nitrogens with zero attached hydrogens (tertiary/aromatic N) is 4. The van der Waals surface area contributed by atoms with E-state index in [0.717, 1.165) is 12.8 Å². The SMILES string of the molecule is CC(C)c1ncc(Cl)c(C(=O)N2CCN(C(=O)NC3CCCCC3)CC2)n1. The quantitative estimate of drug-likeness (QED) is 0.855. The molecule has 1 aliphatic heterocycles. The summed E-state index contributed by atoms with van der Waals surface area (Å²) < 4.78 is 0. The molecule has 1 N–H and O–H groups in total. The average molecular weight is 394 g/mol. The van der Waals surface area contributed by atoms with Crippen LogP contribution in [0.25, 0.3) is 0 Å². The van der Waals surface area contributed by atoms with Crippen molar-refractivity contribution in [3.8, 4) is 0 Å². The smallest absolute Gasteiger partial charge is 0.317 e. The maximum atomic E-state index is 12.8. The highest BCUT2D eigenvalue weighted by atomic mass is 35.5. The molecule has 2 heterocycles. The van der Waals surface area contributed by atoms with Crippen LogP contribution < -0.4 is 5.32 Å². The number of piperazine rings is 1. The van der Waals surface area contributed by atoms with Crippen LogP contribution in [0.15, 0.2) is 6.20 Å². The molecule has 2 fully saturated rings. The largest absolute Gasteiger partial charge is 0.335 e. The van der Waals surface area contributed by atoms with Gasteiger partial charge in [-0.25, -0.2) is 14.8 Å². The first kappa shape index (κ1) is 19.9. The minimum absolute atomic E-state index is 0.0174. The zero-order valence-electron chi connectivity index (χ0n) is 16.1. The predicted molar refractivity (Wildman–Crippen MR) is 104 cm³/mol. The molecule has 27 heavy (non-hydrogen) atoms. The molecule has 8 heteroatoms. The molecule has 1 aromatic rings. The Kier molecular flexibility index (Phi) is 6.52. The van der Waals surface area contributed by atoms with Gasteiger partial charge in [-0.15, -0.1) is 0 Å². The second-order valence-corrected chi connectivity index (χ2v) is 8.05. The summed E-state index contributed by atoms with van der Waals surface area (Å²) in [7, 11) is 0. The molecular formula is C19H28ClN5O2. The van der Waals surface area contributed by atoms with Crippen LogP contribution >= 0.6 is 11.6 Å². The molecule has 1 aromatic heterocycles. The van der Waals surface area contributed by atoms with Crippen LogP contribution in [0.5, 0.6) is 0 Å². The number of rotatable bonds is 3. The number of hydrogen-bond donors (Lipinski definition) is 1. The van der Waals surface area contributed by atoms with Crippen molar-refractivity contribution in [1.29, 1.82) is 0 Å². The minimum Gasteiger partial charge on any atom is -0.335 e. The lowest BCUT2D eigenvalue weighted by Gasteiger charge is -2.36. The second-order valence-electron chi connectivity index (χ2n) is 7.64. The molecule has 0 spiro atoms. The van der Waals surface area contributed by atoms with Gasteiger partial charge >= 0.3 is 6.03 Å². The van der Waals surface area contributed by atoms with Gasteiger partial charge in [0.2, 0.25) is 0 Å². The number of hydrogen-bond acceptors (Lipinski definition) is 4. The van der Waals surface area contributed by atoms with E-state index in [-0.39, 0.29) is 28.6 Å². The summed E-state index contributed by atoms with van der Waals surface area (Å²) in [5, 5.41) is 3.40. The molecular weight excluding hydrogens is 366 g/mol. The lowest BCUT2D eigenvalue weighted by molar-refractivity contribution is 0.0656. The summed E-state index contributed by atoms with van der Waals surface area (Å²) in [6, 6.07) is 0.274. The first-order valence-corrected chi connectivity index (χ1v) is 10.2. The molecule has 0 radical (unpaired) electrons. The van der Waals surface area contributed by atoms with Crippen LogP contribution in [0.2, 0.25) is 5.02 Å². The number of aromatic nitrogens is 2. The normalized spacial score (nSPS) is 18.7. The third-order valence-electron chi connectivity index (χ3n) is 5.27. The number of nitrogens with one attached hydrogen (secondary N) is 1. The Bertz CT molecular complexity index is 683. The number of amides is 3. The van der Waals surface area contributed by atoms with Gasteiger partial charge in [-0.1, -0.05) is 44.7 Å². The Morgan fingerprint density at radius 2 is 1.74 bits per heavy atom. The molecule has 0 aromatic carbocycles. The van der Waals surface area contributed by atoms with Crippen LogP contribution in [0.3, 0.4) is 0 Å². The van der Waals surface area contributed by atoms with E-state index in [1.165, 1.54) is 25.5 Å². The van der Waals surface area contributed by atoms with Crippen molar-refractivity contribution in [3.05, 3.63) is 22.7 Å². The van der Waals surface area contributed by atoms with Gasteiger partial charge in [-0.2, -0.15) is 0 Å². The Balaban J connectivity index is 1.56. The van der Waals surface area contributed by atoms with E-state index < -0.39 is 0 Å². The van der Waals surface area contributed by atoms with Crippen molar-refractivity contribution < 1.29 is 9.59 Å². The highest BCUT2D eigenvalue weighted by Gasteiger charge is 2.28. The lowest BCUT2D eigenvalue weighted by atomic mass is 9.96. The fourth-order valence-corrected chi connectivity index (χ4v) is 3.76. The van der Waals surface area contributed by atoms with Crippen LogP contribution in [0.1, 0.15) is 68.2 Å². The van der Waals surface area contributed by atoms with Gasteiger partial charge in [0.15, 0.2) is 5.69 Å². The molecule has 0 unspecified atom stereocenters. The van der Waals surface area contributed by atoms with Crippen molar-refractivity contribution in [2.45, 2.75) is 57.9 Å². The summed E-state index contributed by atoms with van der Waals surface area (Å²) in [6.07, 6.45) is 7.25. The topological polar surface area (TPSA) is 78.4 Å². The zero-order valence-corrected chi connectivity index (χ0v) is 16.8. The molecule has 1 saturated carbocycles. The van der Waals surface area contributed by atoms with Gasteiger partial charge in [0.25, 0.3) is 5.91 Å². The van der Waals surface area contributed by atoms with E-state index >= 15 is 0 Å². The first-order chi connectivity index (χ1) is 13.0. The second kappa shape index (κ2) is 8.87. The predicted octanol–water partition coefficient (Wildman–Crippen LogP) is 3.05. The molecule has 0 atom stereocenters. The Hall–Kier alpha value is -1.89. The van der Waals surface area contributed by atoms with E-state index in [1.807, 2.05) is 13.8 Å². The molecule has 0 bridgehead atoms. The van der Waals surface area contributed by atoms with Crippen molar-refractivity contribution in [1.82, 2.24) is 25.1 Å². The number of halogens is 1. The van der Waals surface area contributed by atoms with Gasteiger partial charge in [0.1, 0.15) is 5.82 Å². The number of urea groups is 1. The van der Waals surface area contributed by atoms with Crippen molar-refractivity contribution in [3.63, 3.8) is 0 Å². The minimum atomic E-state index is -0.198. The molecule has 3 rings (SSSR count). The summed E-state index contributed by atoms with van der Waals surface area (Å²) in [5.41, 5.74) is 0.246. The van der Waals surface area contributed by atoms with Crippen LogP contribution in [-0.4, -0.2) is 63.9 Å². The van der Waals surface area contributed by atoms with Gasteiger partial charge in [-0.3, -0.25) is 4.79 Å². The first-order valence-electron chi connectivity index (χ1n) is 9.83. The van der Waals surface area contributed by atoms with E-state index in [2.05, 4.69) is 15.3 Å². The van der Waals surface area contributed by atoms with Crippen molar-refractivity contribution in [2.75, 3.05) is 26.2 Å². The molecule has 3 amide bonds. The highest BCUT2D eigenvalue weighted by Crippen LogP contribution is 2.20. The van der Waals surface area contributed by atoms with Gasteiger partial charge in [0, 0.05) is 38.1 Å². The summed E-state index contributed by atoms with van der Waals surface area (Å²) in [5.74, 6) is 0.527. The van der Waals surface area contributed by atoms with E-state index in [4.69, 9.17) is 11.6 Å². The van der Waals surface area contributed by atoms with Gasteiger partial charge in [0.05, 0.1) is 11.2 Å². The molecule has 7 nitrogen and oxygen atoms in total. The fraction of sp³-hybridized carbons (Fsp3) is 0.684. The average Bonchev–Trinajstić information content (AvgIpc) is 2.68. The van der Waals surface area contributed by atoms with Crippen LogP contribution in [0.4, 0.5) is 4.79 Å². The maximum absolute atomic E-state index is 12.8. The molecule has 1 saturated heterocycles. The zero-order chi connectivity index (χ0) is 19.4. The van der Waals surface area contributed by atoms with E-state index in [0.29, 0.717) is 38.0 Å². The number of carbonyl (C=O) groups is 2. The third kappa shape index (κ3) is 4.89. The molecule has 2 aliphatic rings. The summed E-state index contributed by atoms with van der Waals surface area (Å²) in [6.45, 7) is 5.94. The maximum Gasteiger partial charge on any atom is 0.317 e. The number of carbonyl (C=O) groups excluding carboxylic acids is 2. The van der Waals surface area contributed by atoms with Gasteiger partial charge < -0.3 is 15.1 Å². The van der Waals surface area contributed by atoms with Crippen LogP contribution in [-0.2, 0) is 0 Å². The van der Waals surface area contributed by atoms with Crippen LogP contribution in [0, 0.1) is 0 Å². The molecule has 1 aliphatic carbocycles. The molecule has 148 valence electrons.